The van der Waals surface area contributed by atoms with Crippen LogP contribution in [0.2, 0.25) is 0 Å². The lowest BCUT2D eigenvalue weighted by molar-refractivity contribution is -0.148. The van der Waals surface area contributed by atoms with Crippen molar-refractivity contribution in [3.8, 4) is 10.4 Å². The fourth-order valence-electron chi connectivity index (χ4n) is 5.39. The van der Waals surface area contributed by atoms with E-state index in [1.807, 2.05) is 11.8 Å². The van der Waals surface area contributed by atoms with Crippen LogP contribution in [-0.4, -0.2) is 76.7 Å². The molecule has 1 aliphatic carbocycles. The number of carbonyl (C=O) groups excluding carboxylic acids is 3. The molecular formula is C32H38N4O7S2. The van der Waals surface area contributed by atoms with Crippen LogP contribution in [0.25, 0.3) is 10.4 Å². The number of carbonyl (C=O) groups is 3. The van der Waals surface area contributed by atoms with E-state index in [2.05, 4.69) is 26.2 Å². The van der Waals surface area contributed by atoms with Crippen LogP contribution in [0, 0.1) is 0 Å². The molecule has 0 radical (unpaired) electrons. The molecule has 3 N–H and O–H groups in total. The van der Waals surface area contributed by atoms with Crippen LogP contribution in [0.4, 0.5) is 4.79 Å². The Kier molecular flexibility index (Phi) is 10.5. The van der Waals surface area contributed by atoms with E-state index >= 15 is 0 Å². The zero-order valence-corrected chi connectivity index (χ0v) is 26.9. The lowest BCUT2D eigenvalue weighted by Crippen LogP contribution is -2.50. The van der Waals surface area contributed by atoms with Gasteiger partial charge in [-0.3, -0.25) is 9.59 Å². The predicted octanol–water partition coefficient (Wildman–Crippen LogP) is 3.86. The van der Waals surface area contributed by atoms with Crippen molar-refractivity contribution in [2.75, 3.05) is 33.4 Å². The van der Waals surface area contributed by atoms with Crippen LogP contribution >= 0.6 is 11.3 Å². The average molecular weight is 655 g/mol. The Bertz CT molecular complexity index is 1620. The Morgan fingerprint density at radius 1 is 1.11 bits per heavy atom. The van der Waals surface area contributed by atoms with Crippen LogP contribution in [0.5, 0.6) is 0 Å². The third kappa shape index (κ3) is 7.90. The molecule has 13 heteroatoms. The van der Waals surface area contributed by atoms with E-state index in [0.717, 1.165) is 28.2 Å². The van der Waals surface area contributed by atoms with Gasteiger partial charge < -0.3 is 25.0 Å². The quantitative estimate of drug-likeness (QED) is 0.250. The number of methoxy groups -OCH3 is 1. The molecule has 1 aromatic heterocycles. The van der Waals surface area contributed by atoms with E-state index < -0.39 is 28.1 Å². The summed E-state index contributed by atoms with van der Waals surface area (Å²) in [5, 5.41) is 5.93. The van der Waals surface area contributed by atoms with E-state index in [0.29, 0.717) is 44.6 Å². The molecule has 5 rings (SSSR count). The largest absolute Gasteiger partial charge is 0.453 e. The summed E-state index contributed by atoms with van der Waals surface area (Å²) in [4.78, 5) is 42.4. The topological polar surface area (TPSA) is 143 Å². The number of hydrogen-bond acceptors (Lipinski definition) is 9. The molecule has 11 nitrogen and oxygen atoms in total. The van der Waals surface area contributed by atoms with Crippen LogP contribution in [0.3, 0.4) is 0 Å². The number of hydrogen-bond donors (Lipinski definition) is 3. The van der Waals surface area contributed by atoms with E-state index in [1.54, 1.807) is 42.5 Å². The average Bonchev–Trinajstić information content (AvgIpc) is 3.80. The van der Waals surface area contributed by atoms with Gasteiger partial charge in [-0.1, -0.05) is 36.4 Å². The second-order valence-corrected chi connectivity index (χ2v) is 13.8. The summed E-state index contributed by atoms with van der Waals surface area (Å²) in [6, 6.07) is 16.6. The first-order chi connectivity index (χ1) is 21.7. The van der Waals surface area contributed by atoms with E-state index in [9.17, 15) is 22.8 Å². The van der Waals surface area contributed by atoms with Gasteiger partial charge in [-0.15, -0.1) is 11.3 Å². The summed E-state index contributed by atoms with van der Waals surface area (Å²) >= 11 is 1.48. The maximum absolute atomic E-state index is 13.7. The van der Waals surface area contributed by atoms with Crippen molar-refractivity contribution in [1.82, 2.24) is 20.3 Å². The molecule has 1 saturated carbocycles. The summed E-state index contributed by atoms with van der Waals surface area (Å²) in [6.07, 6.45) is 1.96. The molecular weight excluding hydrogens is 617 g/mol. The van der Waals surface area contributed by atoms with Crippen molar-refractivity contribution < 1.29 is 32.3 Å². The van der Waals surface area contributed by atoms with Gasteiger partial charge in [0.25, 0.3) is 21.8 Å². The summed E-state index contributed by atoms with van der Waals surface area (Å²) in [7, 11) is -2.79. The summed E-state index contributed by atoms with van der Waals surface area (Å²) in [5.41, 5.74) is 1.73. The summed E-state index contributed by atoms with van der Waals surface area (Å²) in [5.74, 6) is -0.783. The molecule has 3 amide bonds. The molecule has 2 heterocycles. The van der Waals surface area contributed by atoms with Crippen molar-refractivity contribution in [2.24, 2.45) is 0 Å². The molecule has 2 aromatic carbocycles. The van der Waals surface area contributed by atoms with Crippen LogP contribution in [0.15, 0.2) is 65.6 Å². The van der Waals surface area contributed by atoms with Crippen LogP contribution < -0.4 is 15.4 Å². The van der Waals surface area contributed by atoms with Gasteiger partial charge in [-0.25, -0.2) is 17.9 Å². The molecule has 2 aliphatic rings. The fraction of sp³-hybridized carbons (Fsp3) is 0.406. The highest BCUT2D eigenvalue weighted by Crippen LogP contribution is 2.42. The number of alkyl carbamates (subject to hydrolysis) is 1. The van der Waals surface area contributed by atoms with E-state index in [4.69, 9.17) is 4.74 Å². The zero-order chi connectivity index (χ0) is 32.0. The predicted molar refractivity (Wildman–Crippen MR) is 170 cm³/mol. The number of ether oxygens (including phenoxy) is 2. The maximum atomic E-state index is 13.7. The van der Waals surface area contributed by atoms with Gasteiger partial charge in [-0.05, 0) is 62.4 Å². The van der Waals surface area contributed by atoms with E-state index in [1.165, 1.54) is 30.6 Å². The maximum Gasteiger partial charge on any atom is 0.406 e. The number of sulfonamides is 1. The number of amides is 3. The zero-order valence-electron chi connectivity index (χ0n) is 25.3. The molecule has 2 atom stereocenters. The second kappa shape index (κ2) is 14.5. The summed E-state index contributed by atoms with van der Waals surface area (Å²) < 4.78 is 38.7. The number of benzene rings is 2. The lowest BCUT2D eigenvalue weighted by Gasteiger charge is -2.33. The Morgan fingerprint density at radius 2 is 1.84 bits per heavy atom. The molecule has 45 heavy (non-hydrogen) atoms. The van der Waals surface area contributed by atoms with Gasteiger partial charge in [0.1, 0.15) is 6.10 Å². The molecule has 0 unspecified atom stereocenters. The number of morpholine rings is 1. The van der Waals surface area contributed by atoms with Crippen molar-refractivity contribution in [3.05, 3.63) is 76.7 Å². The normalized spacial score (nSPS) is 17.2. The van der Waals surface area contributed by atoms with Crippen LogP contribution in [-0.2, 0) is 30.7 Å². The number of rotatable bonds is 12. The number of thiophene rings is 1. The molecule has 1 aliphatic heterocycles. The third-order valence-corrected chi connectivity index (χ3v) is 10.6. The highest BCUT2D eigenvalue weighted by Gasteiger charge is 2.40. The van der Waals surface area contributed by atoms with Gasteiger partial charge >= 0.3 is 6.09 Å². The minimum absolute atomic E-state index is 0.0103. The molecule has 1 saturated heterocycles. The number of nitrogens with zero attached hydrogens (tertiary/aromatic N) is 1. The lowest BCUT2D eigenvalue weighted by atomic mass is 10.00. The van der Waals surface area contributed by atoms with Gasteiger partial charge in [0, 0.05) is 46.6 Å². The summed E-state index contributed by atoms with van der Waals surface area (Å²) in [6.45, 7) is 4.05. The molecule has 0 spiro atoms. The van der Waals surface area contributed by atoms with Gasteiger partial charge in [0.15, 0.2) is 0 Å². The fourth-order valence-corrected chi connectivity index (χ4v) is 7.68. The van der Waals surface area contributed by atoms with Crippen molar-refractivity contribution >= 4 is 39.3 Å². The highest BCUT2D eigenvalue weighted by molar-refractivity contribution is 7.90. The van der Waals surface area contributed by atoms with E-state index in [-0.39, 0.29) is 28.4 Å². The highest BCUT2D eigenvalue weighted by atomic mass is 32.2. The third-order valence-electron chi connectivity index (χ3n) is 7.83. The Morgan fingerprint density at radius 3 is 2.53 bits per heavy atom. The first-order valence-electron chi connectivity index (χ1n) is 15.0. The molecule has 0 bridgehead atoms. The standard InChI is InChI=1S/C32H38N4O7S2/c1-21(36(23-14-15-23)31(38)27-20-33-17-18-43-27)28-19-22(9-8-16-34-32(39)42-2)29(44-28)25-12-6-7-13-26(25)30(37)35-45(40,41)24-10-4-3-5-11-24/h3-7,10-13,19,21,23,27,33H,8-9,14-18,20H2,1-2H3,(H,34,39)(H,35,37)/t21-,27-/m1/s1. The minimum atomic E-state index is -4.10. The Balaban J connectivity index is 1.47. The monoisotopic (exact) mass is 654 g/mol. The minimum Gasteiger partial charge on any atom is -0.453 e. The molecule has 2 fully saturated rings. The molecule has 3 aromatic rings. The van der Waals surface area contributed by atoms with Crippen molar-refractivity contribution in [3.63, 3.8) is 0 Å². The van der Waals surface area contributed by atoms with Crippen LogP contribution in [0.1, 0.15) is 53.0 Å². The number of aryl methyl sites for hydroxylation is 1. The SMILES string of the molecule is COC(=O)NCCCc1cc([C@@H](C)N(C(=O)[C@H]2CNCCO2)C2CC2)sc1-c1ccccc1C(=O)NS(=O)(=O)c1ccccc1. The molecule has 240 valence electrons. The van der Waals surface area contributed by atoms with Crippen molar-refractivity contribution in [1.29, 1.82) is 0 Å². The Labute approximate surface area is 267 Å². The number of nitrogens with one attached hydrogen (secondary N) is 3. The smallest absolute Gasteiger partial charge is 0.406 e. The van der Waals surface area contributed by atoms with Crippen molar-refractivity contribution in [2.45, 2.75) is 55.7 Å². The van der Waals surface area contributed by atoms with Gasteiger partial charge in [-0.2, -0.15) is 0 Å². The Hall–Kier alpha value is -3.78. The van der Waals surface area contributed by atoms with Gasteiger partial charge in [0.2, 0.25) is 0 Å². The first kappa shape index (κ1) is 32.6. The first-order valence-corrected chi connectivity index (χ1v) is 17.3. The second-order valence-electron chi connectivity index (χ2n) is 11.0. The van der Waals surface area contributed by atoms with Gasteiger partial charge in [0.05, 0.1) is 24.7 Å².